The third-order valence-corrected chi connectivity index (χ3v) is 4.11. The van der Waals surface area contributed by atoms with Crippen LogP contribution in [-0.4, -0.2) is 28.6 Å². The van der Waals surface area contributed by atoms with Crippen LogP contribution in [0.4, 0.5) is 0 Å². The highest BCUT2D eigenvalue weighted by atomic mass is 16.5. The highest BCUT2D eigenvalue weighted by molar-refractivity contribution is 5.77. The van der Waals surface area contributed by atoms with Crippen molar-refractivity contribution in [2.45, 2.75) is 26.8 Å². The normalized spacial score (nSPS) is 10.8. The fourth-order valence-corrected chi connectivity index (χ4v) is 2.82. The van der Waals surface area contributed by atoms with Gasteiger partial charge in [-0.25, -0.2) is 4.98 Å². The molecule has 2 aromatic carbocycles. The van der Waals surface area contributed by atoms with Gasteiger partial charge in [-0.1, -0.05) is 29.8 Å². The number of carbonyl (C=O) groups excluding carboxylic acids is 1. The number of aromatic nitrogens is 2. The summed E-state index contributed by atoms with van der Waals surface area (Å²) >= 11 is 0. The number of ether oxygens (including phenoxy) is 1. The monoisotopic (exact) mass is 337 g/mol. The molecule has 0 spiro atoms. The van der Waals surface area contributed by atoms with E-state index in [1.54, 1.807) is 0 Å². The Morgan fingerprint density at radius 3 is 2.88 bits per heavy atom. The summed E-state index contributed by atoms with van der Waals surface area (Å²) in [5, 5.41) is 2.90. The Morgan fingerprint density at radius 1 is 1.20 bits per heavy atom. The lowest BCUT2D eigenvalue weighted by molar-refractivity contribution is -0.123. The van der Waals surface area contributed by atoms with E-state index in [4.69, 9.17) is 4.74 Å². The largest absolute Gasteiger partial charge is 0.484 e. The van der Waals surface area contributed by atoms with E-state index in [1.165, 1.54) is 5.56 Å². The fraction of sp³-hybridized carbons (Fsp3) is 0.300. The molecule has 0 aliphatic rings. The second kappa shape index (κ2) is 7.83. The summed E-state index contributed by atoms with van der Waals surface area (Å²) in [5.74, 6) is 0.654. The molecular weight excluding hydrogens is 314 g/mol. The van der Waals surface area contributed by atoms with Crippen molar-refractivity contribution in [1.29, 1.82) is 0 Å². The molecule has 0 fully saturated rings. The van der Waals surface area contributed by atoms with Crippen LogP contribution in [0, 0.1) is 13.8 Å². The number of hydrogen-bond acceptors (Lipinski definition) is 3. The Labute approximate surface area is 147 Å². The Bertz CT molecular complexity index is 870. The molecule has 130 valence electrons. The number of imidazole rings is 1. The first-order valence-corrected chi connectivity index (χ1v) is 8.50. The number of nitrogens with one attached hydrogen (secondary N) is 1. The number of para-hydroxylation sites is 2. The molecule has 1 N–H and O–H groups in total. The first-order chi connectivity index (χ1) is 12.1. The lowest BCUT2D eigenvalue weighted by Gasteiger charge is -2.10. The van der Waals surface area contributed by atoms with Crippen molar-refractivity contribution in [3.8, 4) is 5.75 Å². The Morgan fingerprint density at radius 2 is 2.04 bits per heavy atom. The lowest BCUT2D eigenvalue weighted by atomic mass is 10.1. The van der Waals surface area contributed by atoms with Gasteiger partial charge in [0.1, 0.15) is 5.75 Å². The minimum absolute atomic E-state index is 0.0396. The topological polar surface area (TPSA) is 56.1 Å². The average Bonchev–Trinajstić information content (AvgIpc) is 3.01. The van der Waals surface area contributed by atoms with Crippen molar-refractivity contribution in [1.82, 2.24) is 14.9 Å². The van der Waals surface area contributed by atoms with Crippen LogP contribution in [0.5, 0.6) is 5.75 Å². The number of aryl methyl sites for hydroxylation is 3. The van der Waals surface area contributed by atoms with Gasteiger partial charge in [-0.05, 0) is 44.0 Å². The average molecular weight is 337 g/mol. The molecule has 0 saturated carbocycles. The fourth-order valence-electron chi connectivity index (χ4n) is 2.82. The van der Waals surface area contributed by atoms with E-state index in [0.29, 0.717) is 6.54 Å². The van der Waals surface area contributed by atoms with E-state index in [-0.39, 0.29) is 12.5 Å². The van der Waals surface area contributed by atoms with Crippen molar-refractivity contribution in [3.63, 3.8) is 0 Å². The SMILES string of the molecule is Cc1ccc(OCC(=O)NCCCn2cnc3ccccc32)c(C)c1. The lowest BCUT2D eigenvalue weighted by Crippen LogP contribution is -2.30. The van der Waals surface area contributed by atoms with E-state index >= 15 is 0 Å². The molecule has 5 heteroatoms. The minimum Gasteiger partial charge on any atom is -0.484 e. The Kier molecular flexibility index (Phi) is 5.33. The van der Waals surface area contributed by atoms with Gasteiger partial charge in [0.25, 0.3) is 5.91 Å². The number of fused-ring (bicyclic) bond motifs is 1. The molecule has 1 heterocycles. The number of amides is 1. The standard InChI is InChI=1S/C20H23N3O2/c1-15-8-9-19(16(2)12-15)25-13-20(24)21-10-5-11-23-14-22-17-6-3-4-7-18(17)23/h3-4,6-9,12,14H,5,10-11,13H2,1-2H3,(H,21,24). The number of nitrogens with zero attached hydrogens (tertiary/aromatic N) is 2. The van der Waals surface area contributed by atoms with Gasteiger partial charge in [-0.3, -0.25) is 4.79 Å². The van der Waals surface area contributed by atoms with E-state index in [9.17, 15) is 4.79 Å². The molecule has 0 atom stereocenters. The van der Waals surface area contributed by atoms with Crippen LogP contribution in [0.1, 0.15) is 17.5 Å². The summed E-state index contributed by atoms with van der Waals surface area (Å²) in [5.41, 5.74) is 4.33. The van der Waals surface area contributed by atoms with Crippen LogP contribution in [0.15, 0.2) is 48.8 Å². The highest BCUT2D eigenvalue weighted by Crippen LogP contribution is 2.18. The molecular formula is C20H23N3O2. The molecule has 1 amide bonds. The van der Waals surface area contributed by atoms with Crippen LogP contribution >= 0.6 is 0 Å². The van der Waals surface area contributed by atoms with Gasteiger partial charge in [0.15, 0.2) is 6.61 Å². The van der Waals surface area contributed by atoms with E-state index < -0.39 is 0 Å². The van der Waals surface area contributed by atoms with Gasteiger partial charge in [-0.15, -0.1) is 0 Å². The maximum atomic E-state index is 11.9. The summed E-state index contributed by atoms with van der Waals surface area (Å²) in [6.45, 7) is 5.49. The first kappa shape index (κ1) is 17.0. The van der Waals surface area contributed by atoms with Crippen molar-refractivity contribution < 1.29 is 9.53 Å². The van der Waals surface area contributed by atoms with Crippen LogP contribution in [0.2, 0.25) is 0 Å². The molecule has 0 radical (unpaired) electrons. The van der Waals surface area contributed by atoms with Crippen molar-refractivity contribution >= 4 is 16.9 Å². The molecule has 0 aliphatic heterocycles. The minimum atomic E-state index is -0.101. The Balaban J connectivity index is 1.40. The number of hydrogen-bond donors (Lipinski definition) is 1. The highest BCUT2D eigenvalue weighted by Gasteiger charge is 2.05. The second-order valence-electron chi connectivity index (χ2n) is 6.19. The number of rotatable bonds is 7. The summed E-state index contributed by atoms with van der Waals surface area (Å²) in [6, 6.07) is 14.0. The molecule has 3 aromatic rings. The van der Waals surface area contributed by atoms with Crippen LogP contribution in [0.3, 0.4) is 0 Å². The third-order valence-electron chi connectivity index (χ3n) is 4.11. The summed E-state index contributed by atoms with van der Waals surface area (Å²) in [7, 11) is 0. The van der Waals surface area contributed by atoms with Crippen molar-refractivity contribution in [2.24, 2.45) is 0 Å². The van der Waals surface area contributed by atoms with Crippen molar-refractivity contribution in [2.75, 3.05) is 13.2 Å². The Hall–Kier alpha value is -2.82. The molecule has 0 unspecified atom stereocenters. The first-order valence-electron chi connectivity index (χ1n) is 8.50. The summed E-state index contributed by atoms with van der Waals surface area (Å²) in [4.78, 5) is 16.3. The third kappa shape index (κ3) is 4.38. The van der Waals surface area contributed by atoms with Crippen molar-refractivity contribution in [3.05, 3.63) is 59.9 Å². The van der Waals surface area contributed by atoms with E-state index in [2.05, 4.69) is 20.9 Å². The van der Waals surface area contributed by atoms with E-state index in [0.717, 1.165) is 35.3 Å². The molecule has 0 bridgehead atoms. The van der Waals surface area contributed by atoms with Crippen LogP contribution in [-0.2, 0) is 11.3 Å². The second-order valence-corrected chi connectivity index (χ2v) is 6.19. The maximum absolute atomic E-state index is 11.9. The quantitative estimate of drug-likeness (QED) is 0.674. The molecule has 25 heavy (non-hydrogen) atoms. The van der Waals surface area contributed by atoms with Gasteiger partial charge >= 0.3 is 0 Å². The molecule has 1 aromatic heterocycles. The number of benzene rings is 2. The molecule has 5 nitrogen and oxygen atoms in total. The van der Waals surface area contributed by atoms with Gasteiger partial charge in [0, 0.05) is 13.1 Å². The summed E-state index contributed by atoms with van der Waals surface area (Å²) in [6.07, 6.45) is 2.69. The molecule has 0 aliphatic carbocycles. The predicted octanol–water partition coefficient (Wildman–Crippen LogP) is 3.24. The van der Waals surface area contributed by atoms with Gasteiger partial charge in [0.05, 0.1) is 17.4 Å². The molecule has 3 rings (SSSR count). The van der Waals surface area contributed by atoms with Crippen LogP contribution < -0.4 is 10.1 Å². The van der Waals surface area contributed by atoms with Gasteiger partial charge in [0.2, 0.25) is 0 Å². The summed E-state index contributed by atoms with van der Waals surface area (Å²) < 4.78 is 7.69. The number of carbonyl (C=O) groups is 1. The zero-order valence-corrected chi connectivity index (χ0v) is 14.7. The van der Waals surface area contributed by atoms with Gasteiger partial charge < -0.3 is 14.6 Å². The maximum Gasteiger partial charge on any atom is 0.257 e. The predicted molar refractivity (Wildman–Crippen MR) is 98.8 cm³/mol. The molecule has 0 saturated heterocycles. The zero-order chi connectivity index (χ0) is 17.6. The van der Waals surface area contributed by atoms with E-state index in [1.807, 2.05) is 56.6 Å². The van der Waals surface area contributed by atoms with Gasteiger partial charge in [-0.2, -0.15) is 0 Å². The zero-order valence-electron chi connectivity index (χ0n) is 14.7. The van der Waals surface area contributed by atoms with Crippen LogP contribution in [0.25, 0.3) is 11.0 Å². The smallest absolute Gasteiger partial charge is 0.257 e.